The van der Waals surface area contributed by atoms with Crippen molar-refractivity contribution in [3.05, 3.63) is 47.4 Å². The van der Waals surface area contributed by atoms with Crippen molar-refractivity contribution in [3.63, 3.8) is 0 Å². The van der Waals surface area contributed by atoms with E-state index in [-0.39, 0.29) is 17.6 Å². The summed E-state index contributed by atoms with van der Waals surface area (Å²) >= 11 is 0. The first kappa shape index (κ1) is 18.1. The van der Waals surface area contributed by atoms with Crippen molar-refractivity contribution in [2.75, 3.05) is 13.1 Å². The fourth-order valence-electron chi connectivity index (χ4n) is 4.68. The van der Waals surface area contributed by atoms with Crippen LogP contribution in [0.25, 0.3) is 0 Å². The molecule has 4 rings (SSSR count). The van der Waals surface area contributed by atoms with Crippen LogP contribution in [0, 0.1) is 12.7 Å². The number of carbonyl (C=O) groups is 1. The van der Waals surface area contributed by atoms with Gasteiger partial charge in [-0.3, -0.25) is 4.79 Å². The molecule has 5 nitrogen and oxygen atoms in total. The van der Waals surface area contributed by atoms with Crippen molar-refractivity contribution in [1.82, 2.24) is 15.0 Å². The molecule has 0 radical (unpaired) electrons. The van der Waals surface area contributed by atoms with Gasteiger partial charge in [0.1, 0.15) is 5.82 Å². The molecular formula is C21H26FN3O2. The maximum atomic E-state index is 13.9. The van der Waals surface area contributed by atoms with Crippen molar-refractivity contribution in [1.29, 1.82) is 0 Å². The molecule has 1 saturated heterocycles. The molecular weight excluding hydrogens is 345 g/mol. The number of hydrogen-bond acceptors (Lipinski definition) is 4. The molecule has 1 aliphatic carbocycles. The molecule has 0 unspecified atom stereocenters. The number of hydrogen-bond donors (Lipinski definition) is 0. The van der Waals surface area contributed by atoms with Crippen molar-refractivity contribution in [2.24, 2.45) is 0 Å². The monoisotopic (exact) mass is 371 g/mol. The van der Waals surface area contributed by atoms with Crippen LogP contribution in [0.5, 0.6) is 0 Å². The predicted molar refractivity (Wildman–Crippen MR) is 98.8 cm³/mol. The number of piperidine rings is 1. The van der Waals surface area contributed by atoms with Gasteiger partial charge in [-0.25, -0.2) is 4.39 Å². The van der Waals surface area contributed by atoms with Crippen LogP contribution in [-0.2, 0) is 10.2 Å². The molecule has 0 N–H and O–H groups in total. The minimum Gasteiger partial charge on any atom is -0.342 e. The van der Waals surface area contributed by atoms with Crippen LogP contribution in [0.2, 0.25) is 0 Å². The van der Waals surface area contributed by atoms with Crippen molar-refractivity contribution in [2.45, 2.75) is 63.2 Å². The summed E-state index contributed by atoms with van der Waals surface area (Å²) in [5.41, 5.74) is 0.260. The zero-order valence-electron chi connectivity index (χ0n) is 15.8. The smallest absolute Gasteiger partial charge is 0.233 e. The third kappa shape index (κ3) is 3.49. The summed E-state index contributed by atoms with van der Waals surface area (Å²) in [5, 5.41) is 3.88. The second-order valence-electron chi connectivity index (χ2n) is 7.90. The molecule has 0 bridgehead atoms. The zero-order valence-corrected chi connectivity index (χ0v) is 15.8. The number of rotatable bonds is 3. The van der Waals surface area contributed by atoms with E-state index in [1.165, 1.54) is 6.07 Å². The molecule has 0 atom stereocenters. The minimum absolute atomic E-state index is 0.160. The average Bonchev–Trinajstić information content (AvgIpc) is 3.14. The molecule has 27 heavy (non-hydrogen) atoms. The molecule has 1 aliphatic heterocycles. The van der Waals surface area contributed by atoms with E-state index in [1.807, 2.05) is 17.9 Å². The third-order valence-electron chi connectivity index (χ3n) is 6.17. The van der Waals surface area contributed by atoms with Crippen molar-refractivity contribution in [3.8, 4) is 0 Å². The highest BCUT2D eigenvalue weighted by atomic mass is 19.1. The Balaban J connectivity index is 1.52. The largest absolute Gasteiger partial charge is 0.342 e. The first-order valence-electron chi connectivity index (χ1n) is 9.94. The molecule has 1 amide bonds. The van der Waals surface area contributed by atoms with Crippen LogP contribution in [0.3, 0.4) is 0 Å². The molecule has 144 valence electrons. The highest BCUT2D eigenvalue weighted by Gasteiger charge is 2.44. The Morgan fingerprint density at radius 3 is 2.59 bits per heavy atom. The lowest BCUT2D eigenvalue weighted by atomic mass is 9.68. The van der Waals surface area contributed by atoms with Gasteiger partial charge in [-0.05, 0) is 50.3 Å². The normalized spacial score (nSPS) is 20.6. The molecule has 2 aromatic rings. The Labute approximate surface area is 158 Å². The van der Waals surface area contributed by atoms with E-state index in [4.69, 9.17) is 4.52 Å². The lowest BCUT2D eigenvalue weighted by Gasteiger charge is -2.42. The van der Waals surface area contributed by atoms with E-state index >= 15 is 0 Å². The molecule has 1 saturated carbocycles. The number of aromatic nitrogens is 2. The van der Waals surface area contributed by atoms with Gasteiger partial charge >= 0.3 is 0 Å². The van der Waals surface area contributed by atoms with Crippen LogP contribution in [0.4, 0.5) is 4.39 Å². The van der Waals surface area contributed by atoms with Gasteiger partial charge in [0.25, 0.3) is 0 Å². The third-order valence-corrected chi connectivity index (χ3v) is 6.17. The highest BCUT2D eigenvalue weighted by Crippen LogP contribution is 2.42. The lowest BCUT2D eigenvalue weighted by molar-refractivity contribution is -0.140. The highest BCUT2D eigenvalue weighted by molar-refractivity contribution is 5.88. The van der Waals surface area contributed by atoms with Gasteiger partial charge in [0.15, 0.2) is 5.82 Å². The van der Waals surface area contributed by atoms with Gasteiger partial charge < -0.3 is 9.42 Å². The van der Waals surface area contributed by atoms with E-state index in [0.717, 1.165) is 50.5 Å². The maximum Gasteiger partial charge on any atom is 0.233 e. The fraction of sp³-hybridized carbons (Fsp3) is 0.571. The first-order chi connectivity index (χ1) is 13.1. The number of likely N-dealkylation sites (tertiary alicyclic amines) is 1. The molecule has 6 heteroatoms. The van der Waals surface area contributed by atoms with Gasteiger partial charge in [-0.15, -0.1) is 0 Å². The second kappa shape index (κ2) is 7.41. The van der Waals surface area contributed by atoms with Crippen molar-refractivity contribution >= 4 is 5.91 Å². The number of aryl methyl sites for hydroxylation is 1. The van der Waals surface area contributed by atoms with E-state index in [0.29, 0.717) is 24.8 Å². The van der Waals surface area contributed by atoms with E-state index < -0.39 is 5.41 Å². The summed E-state index contributed by atoms with van der Waals surface area (Å²) in [4.78, 5) is 19.9. The van der Waals surface area contributed by atoms with Crippen LogP contribution in [-0.4, -0.2) is 34.0 Å². The average molecular weight is 371 g/mol. The minimum atomic E-state index is -0.575. The van der Waals surface area contributed by atoms with Gasteiger partial charge in [-0.2, -0.15) is 4.98 Å². The quantitative estimate of drug-likeness (QED) is 0.814. The van der Waals surface area contributed by atoms with Crippen LogP contribution in [0.1, 0.15) is 68.1 Å². The van der Waals surface area contributed by atoms with Gasteiger partial charge in [0.05, 0.1) is 5.41 Å². The summed E-state index contributed by atoms with van der Waals surface area (Å²) in [6.45, 7) is 3.18. The molecule has 1 aromatic carbocycles. The summed E-state index contributed by atoms with van der Waals surface area (Å²) in [7, 11) is 0. The van der Waals surface area contributed by atoms with E-state index in [2.05, 4.69) is 10.1 Å². The van der Waals surface area contributed by atoms with E-state index in [1.54, 1.807) is 12.1 Å². The predicted octanol–water partition coefficient (Wildman–Crippen LogP) is 4.13. The Hall–Kier alpha value is -2.24. The Bertz CT molecular complexity index is 805. The first-order valence-corrected chi connectivity index (χ1v) is 9.94. The summed E-state index contributed by atoms with van der Waals surface area (Å²) in [6, 6.07) is 6.64. The Morgan fingerprint density at radius 1 is 1.22 bits per heavy atom. The molecule has 2 fully saturated rings. The van der Waals surface area contributed by atoms with Crippen LogP contribution < -0.4 is 0 Å². The molecule has 1 aromatic heterocycles. The number of nitrogens with zero attached hydrogens (tertiary/aromatic N) is 3. The van der Waals surface area contributed by atoms with Gasteiger partial charge in [0, 0.05) is 19.0 Å². The van der Waals surface area contributed by atoms with Crippen LogP contribution >= 0.6 is 0 Å². The number of benzene rings is 1. The number of amides is 1. The topological polar surface area (TPSA) is 59.2 Å². The molecule has 0 spiro atoms. The summed E-state index contributed by atoms with van der Waals surface area (Å²) < 4.78 is 19.2. The standard InChI is InChI=1S/C21H26FN3O2/c1-15-23-19(27-24-15)16-8-12-25(13-9-16)20(26)21(10-3-2-4-11-21)17-6-5-7-18(22)14-17/h5-7,14,16H,2-4,8-13H2,1H3. The van der Waals surface area contributed by atoms with Crippen LogP contribution in [0.15, 0.2) is 28.8 Å². The fourth-order valence-corrected chi connectivity index (χ4v) is 4.68. The molecule has 2 aliphatic rings. The van der Waals surface area contributed by atoms with Gasteiger partial charge in [0.2, 0.25) is 11.8 Å². The maximum absolute atomic E-state index is 13.9. The Morgan fingerprint density at radius 2 is 1.96 bits per heavy atom. The van der Waals surface area contributed by atoms with Gasteiger partial charge in [-0.1, -0.05) is 36.6 Å². The zero-order chi connectivity index (χ0) is 18.9. The summed E-state index contributed by atoms with van der Waals surface area (Å²) in [6.07, 6.45) is 6.43. The second-order valence-corrected chi connectivity index (χ2v) is 7.90. The van der Waals surface area contributed by atoms with E-state index in [9.17, 15) is 9.18 Å². The Kier molecular flexibility index (Phi) is 4.98. The molecule has 2 heterocycles. The summed E-state index contributed by atoms with van der Waals surface area (Å²) in [5.74, 6) is 1.43. The lowest BCUT2D eigenvalue weighted by Crippen LogP contribution is -2.50. The van der Waals surface area contributed by atoms with Crippen molar-refractivity contribution < 1.29 is 13.7 Å². The number of halogens is 1. The number of carbonyl (C=O) groups excluding carboxylic acids is 1. The SMILES string of the molecule is Cc1noc(C2CCN(C(=O)C3(c4cccc(F)c4)CCCCC3)CC2)n1.